The van der Waals surface area contributed by atoms with Crippen molar-refractivity contribution in [2.24, 2.45) is 5.73 Å². The number of nitrogens with zero attached hydrogens (tertiary/aromatic N) is 1. The van der Waals surface area contributed by atoms with Crippen molar-refractivity contribution in [1.29, 1.82) is 0 Å². The Labute approximate surface area is 90.2 Å². The average Bonchev–Trinajstić information content (AvgIpc) is 2.25. The quantitative estimate of drug-likeness (QED) is 0.671. The number of hydrogen-bond donors (Lipinski definition) is 2. The van der Waals surface area contributed by atoms with Crippen LogP contribution in [0.3, 0.4) is 0 Å². The molecule has 0 spiro atoms. The van der Waals surface area contributed by atoms with E-state index in [1.165, 1.54) is 0 Å². The van der Waals surface area contributed by atoms with Crippen molar-refractivity contribution in [1.82, 2.24) is 4.90 Å². The van der Waals surface area contributed by atoms with Gasteiger partial charge in [0.2, 0.25) is 0 Å². The molecular formula is C10H20N2O3. The third kappa shape index (κ3) is 3.44. The van der Waals surface area contributed by atoms with Gasteiger partial charge < -0.3 is 15.6 Å². The monoisotopic (exact) mass is 216 g/mol. The van der Waals surface area contributed by atoms with Gasteiger partial charge in [-0.25, -0.2) is 0 Å². The van der Waals surface area contributed by atoms with E-state index < -0.39 is 5.97 Å². The predicted molar refractivity (Wildman–Crippen MR) is 56.7 cm³/mol. The van der Waals surface area contributed by atoms with E-state index in [4.69, 9.17) is 15.6 Å². The lowest BCUT2D eigenvalue weighted by Crippen LogP contribution is -2.52. The zero-order chi connectivity index (χ0) is 11.3. The molecule has 15 heavy (non-hydrogen) atoms. The number of carbonyl (C=O) groups is 1. The van der Waals surface area contributed by atoms with E-state index in [-0.39, 0.29) is 12.1 Å². The van der Waals surface area contributed by atoms with Crippen molar-refractivity contribution in [2.45, 2.75) is 31.9 Å². The molecule has 1 fully saturated rings. The maximum absolute atomic E-state index is 11.1. The zero-order valence-corrected chi connectivity index (χ0v) is 9.19. The zero-order valence-electron chi connectivity index (χ0n) is 9.19. The van der Waals surface area contributed by atoms with Crippen LogP contribution in [-0.4, -0.2) is 54.4 Å². The van der Waals surface area contributed by atoms with Crippen molar-refractivity contribution < 1.29 is 14.6 Å². The van der Waals surface area contributed by atoms with Gasteiger partial charge in [-0.15, -0.1) is 0 Å². The van der Waals surface area contributed by atoms with Crippen LogP contribution >= 0.6 is 0 Å². The van der Waals surface area contributed by atoms with Crippen LogP contribution in [0.1, 0.15) is 19.8 Å². The standard InChI is InChI=1S/C10H20N2O3/c1-2-3-9(10(13)14)12-4-5-15-8(6-11)7-12/h8-9H,2-7,11H2,1H3,(H,13,14). The summed E-state index contributed by atoms with van der Waals surface area (Å²) in [6, 6.07) is -0.382. The molecule has 0 saturated carbocycles. The van der Waals surface area contributed by atoms with Crippen molar-refractivity contribution in [3.05, 3.63) is 0 Å². The molecule has 0 aromatic rings. The Kier molecular flexibility index (Phi) is 5.01. The molecule has 3 N–H and O–H groups in total. The summed E-state index contributed by atoms with van der Waals surface area (Å²) in [4.78, 5) is 13.0. The molecule has 2 unspecified atom stereocenters. The van der Waals surface area contributed by atoms with Crippen molar-refractivity contribution >= 4 is 5.97 Å². The number of morpholine rings is 1. The first-order valence-electron chi connectivity index (χ1n) is 5.47. The van der Waals surface area contributed by atoms with Crippen molar-refractivity contribution in [2.75, 3.05) is 26.2 Å². The molecule has 1 saturated heterocycles. The van der Waals surface area contributed by atoms with Gasteiger partial charge in [0.1, 0.15) is 6.04 Å². The minimum absolute atomic E-state index is 0.0162. The van der Waals surface area contributed by atoms with Gasteiger partial charge >= 0.3 is 5.97 Å². The normalized spacial score (nSPS) is 25.1. The molecule has 0 radical (unpaired) electrons. The Morgan fingerprint density at radius 3 is 3.00 bits per heavy atom. The summed E-state index contributed by atoms with van der Waals surface area (Å²) in [6.07, 6.45) is 1.55. The number of hydrogen-bond acceptors (Lipinski definition) is 4. The van der Waals surface area contributed by atoms with Gasteiger partial charge in [-0.3, -0.25) is 9.69 Å². The highest BCUT2D eigenvalue weighted by molar-refractivity contribution is 5.73. The Hall–Kier alpha value is -0.650. The molecule has 1 rings (SSSR count). The smallest absolute Gasteiger partial charge is 0.320 e. The molecule has 0 aromatic heterocycles. The summed E-state index contributed by atoms with van der Waals surface area (Å²) in [6.45, 7) is 4.35. The lowest BCUT2D eigenvalue weighted by molar-refractivity contribution is -0.146. The number of nitrogens with two attached hydrogens (primary N) is 1. The van der Waals surface area contributed by atoms with Gasteiger partial charge in [0.05, 0.1) is 12.7 Å². The van der Waals surface area contributed by atoms with Gasteiger partial charge in [-0.2, -0.15) is 0 Å². The van der Waals surface area contributed by atoms with Crippen molar-refractivity contribution in [3.63, 3.8) is 0 Å². The fourth-order valence-electron chi connectivity index (χ4n) is 1.90. The van der Waals surface area contributed by atoms with Crippen LogP contribution in [0.4, 0.5) is 0 Å². The van der Waals surface area contributed by atoms with E-state index in [0.717, 1.165) is 6.42 Å². The van der Waals surface area contributed by atoms with Crippen LogP contribution in [0.25, 0.3) is 0 Å². The third-order valence-corrected chi connectivity index (χ3v) is 2.72. The first kappa shape index (κ1) is 12.4. The van der Waals surface area contributed by atoms with E-state index in [0.29, 0.717) is 32.7 Å². The largest absolute Gasteiger partial charge is 0.480 e. The lowest BCUT2D eigenvalue weighted by atomic mass is 10.1. The van der Waals surface area contributed by atoms with Gasteiger partial charge in [-0.05, 0) is 6.42 Å². The van der Waals surface area contributed by atoms with Crippen LogP contribution in [0.15, 0.2) is 0 Å². The van der Waals surface area contributed by atoms with Crippen LogP contribution in [0, 0.1) is 0 Å². The van der Waals surface area contributed by atoms with Gasteiger partial charge in [-0.1, -0.05) is 13.3 Å². The van der Waals surface area contributed by atoms with Gasteiger partial charge in [0, 0.05) is 19.6 Å². The number of carboxylic acid groups (broad SMARTS) is 1. The molecule has 0 amide bonds. The SMILES string of the molecule is CCCC(C(=O)O)N1CCOC(CN)C1. The van der Waals surface area contributed by atoms with Crippen LogP contribution in [-0.2, 0) is 9.53 Å². The van der Waals surface area contributed by atoms with Crippen LogP contribution < -0.4 is 5.73 Å². The van der Waals surface area contributed by atoms with E-state index in [9.17, 15) is 4.79 Å². The maximum Gasteiger partial charge on any atom is 0.320 e. The van der Waals surface area contributed by atoms with Gasteiger partial charge in [0.25, 0.3) is 0 Å². The first-order valence-corrected chi connectivity index (χ1v) is 5.47. The third-order valence-electron chi connectivity index (χ3n) is 2.72. The molecule has 0 aromatic carbocycles. The molecule has 88 valence electrons. The molecule has 0 aliphatic carbocycles. The fourth-order valence-corrected chi connectivity index (χ4v) is 1.90. The highest BCUT2D eigenvalue weighted by Crippen LogP contribution is 2.12. The molecule has 5 nitrogen and oxygen atoms in total. The average molecular weight is 216 g/mol. The summed E-state index contributed by atoms with van der Waals surface area (Å²) < 4.78 is 5.41. The van der Waals surface area contributed by atoms with Crippen LogP contribution in [0.5, 0.6) is 0 Å². The van der Waals surface area contributed by atoms with E-state index in [1.54, 1.807) is 0 Å². The molecule has 2 atom stereocenters. The minimum atomic E-state index is -0.741. The predicted octanol–water partition coefficient (Wildman–Crippen LogP) is -0.101. The second-order valence-corrected chi connectivity index (χ2v) is 3.87. The molecule has 1 aliphatic heterocycles. The molecule has 1 aliphatic rings. The second-order valence-electron chi connectivity index (χ2n) is 3.87. The van der Waals surface area contributed by atoms with E-state index >= 15 is 0 Å². The number of rotatable bonds is 5. The Balaban J connectivity index is 2.54. The summed E-state index contributed by atoms with van der Waals surface area (Å²) >= 11 is 0. The highest BCUT2D eigenvalue weighted by Gasteiger charge is 2.29. The summed E-state index contributed by atoms with van der Waals surface area (Å²) in [5, 5.41) is 9.10. The topological polar surface area (TPSA) is 75.8 Å². The summed E-state index contributed by atoms with van der Waals surface area (Å²) in [5.41, 5.74) is 5.52. The number of aliphatic carboxylic acids is 1. The number of ether oxygens (including phenoxy) is 1. The minimum Gasteiger partial charge on any atom is -0.480 e. The first-order chi connectivity index (χ1) is 7.19. The summed E-state index contributed by atoms with van der Waals surface area (Å²) in [5.74, 6) is -0.741. The molecule has 0 bridgehead atoms. The van der Waals surface area contributed by atoms with Gasteiger partial charge in [0.15, 0.2) is 0 Å². The molecular weight excluding hydrogens is 196 g/mol. The van der Waals surface area contributed by atoms with E-state index in [2.05, 4.69) is 0 Å². The molecule has 1 heterocycles. The lowest BCUT2D eigenvalue weighted by Gasteiger charge is -2.35. The second kappa shape index (κ2) is 6.05. The summed E-state index contributed by atoms with van der Waals surface area (Å²) in [7, 11) is 0. The fraction of sp³-hybridized carbons (Fsp3) is 0.900. The van der Waals surface area contributed by atoms with Crippen LogP contribution in [0.2, 0.25) is 0 Å². The number of carboxylic acids is 1. The van der Waals surface area contributed by atoms with E-state index in [1.807, 2.05) is 11.8 Å². The Morgan fingerprint density at radius 1 is 1.73 bits per heavy atom. The van der Waals surface area contributed by atoms with Crippen molar-refractivity contribution in [3.8, 4) is 0 Å². The maximum atomic E-state index is 11.1. The highest BCUT2D eigenvalue weighted by atomic mass is 16.5. The Bertz CT molecular complexity index is 211. The molecule has 5 heteroatoms. The Morgan fingerprint density at radius 2 is 2.47 bits per heavy atom.